The standard InChI is InChI=1S/C21H14ClN3O4S/c22-19-17-13(11-30-18(17)16(9-24-19)21(27)28)10-29-15-3-1-2-14(8-15)25-20(26)12-4-6-23-7-5-12/h1-9,11H,10H2,(H,25,26)(H,27,28). The minimum Gasteiger partial charge on any atom is -0.489 e. The van der Waals surface area contributed by atoms with Gasteiger partial charge in [-0.25, -0.2) is 9.78 Å². The minimum atomic E-state index is -1.06. The van der Waals surface area contributed by atoms with Crippen LogP contribution >= 0.6 is 22.9 Å². The van der Waals surface area contributed by atoms with Crippen LogP contribution in [0.2, 0.25) is 5.15 Å². The van der Waals surface area contributed by atoms with Crippen LogP contribution in [0.4, 0.5) is 5.69 Å². The topological polar surface area (TPSA) is 101 Å². The number of ether oxygens (including phenoxy) is 1. The number of amides is 1. The van der Waals surface area contributed by atoms with Crippen molar-refractivity contribution in [1.82, 2.24) is 9.97 Å². The van der Waals surface area contributed by atoms with E-state index in [0.29, 0.717) is 27.1 Å². The summed E-state index contributed by atoms with van der Waals surface area (Å²) in [5.74, 6) is -0.770. The van der Waals surface area contributed by atoms with E-state index >= 15 is 0 Å². The summed E-state index contributed by atoms with van der Waals surface area (Å²) in [7, 11) is 0. The molecular formula is C21H14ClN3O4S. The minimum absolute atomic E-state index is 0.103. The molecule has 150 valence electrons. The zero-order valence-electron chi connectivity index (χ0n) is 15.3. The SMILES string of the molecule is O=C(Nc1cccc(OCc2csc3c(C(=O)O)cnc(Cl)c23)c1)c1ccncc1. The summed E-state index contributed by atoms with van der Waals surface area (Å²) >= 11 is 7.48. The third-order valence-electron chi connectivity index (χ3n) is 4.28. The zero-order valence-corrected chi connectivity index (χ0v) is 16.9. The predicted octanol–water partition coefficient (Wildman–Crippen LogP) is 4.87. The Morgan fingerprint density at radius 2 is 2.00 bits per heavy atom. The maximum atomic E-state index is 12.3. The highest BCUT2D eigenvalue weighted by atomic mass is 35.5. The lowest BCUT2D eigenvalue weighted by atomic mass is 10.2. The number of hydrogen-bond donors (Lipinski definition) is 2. The first-order valence-electron chi connectivity index (χ1n) is 8.75. The predicted molar refractivity (Wildman–Crippen MR) is 115 cm³/mol. The van der Waals surface area contributed by atoms with E-state index < -0.39 is 5.97 Å². The molecule has 3 heterocycles. The molecule has 3 aromatic heterocycles. The molecule has 0 aliphatic rings. The fourth-order valence-electron chi connectivity index (χ4n) is 2.85. The van der Waals surface area contributed by atoms with Crippen LogP contribution in [0.5, 0.6) is 5.75 Å². The number of fused-ring (bicyclic) bond motifs is 1. The van der Waals surface area contributed by atoms with Crippen molar-refractivity contribution in [1.29, 1.82) is 0 Å². The lowest BCUT2D eigenvalue weighted by Gasteiger charge is -2.09. The maximum Gasteiger partial charge on any atom is 0.338 e. The number of hydrogen-bond acceptors (Lipinski definition) is 6. The van der Waals surface area contributed by atoms with E-state index in [1.54, 1.807) is 54.2 Å². The van der Waals surface area contributed by atoms with Gasteiger partial charge in [-0.1, -0.05) is 17.7 Å². The van der Waals surface area contributed by atoms with E-state index in [0.717, 1.165) is 5.56 Å². The van der Waals surface area contributed by atoms with Gasteiger partial charge in [0.2, 0.25) is 0 Å². The molecule has 0 fully saturated rings. The monoisotopic (exact) mass is 439 g/mol. The normalized spacial score (nSPS) is 10.7. The number of nitrogens with one attached hydrogen (secondary N) is 1. The number of nitrogens with zero attached hydrogens (tertiary/aromatic N) is 2. The van der Waals surface area contributed by atoms with Crippen molar-refractivity contribution in [2.24, 2.45) is 0 Å². The van der Waals surface area contributed by atoms with Crippen molar-refractivity contribution < 1.29 is 19.4 Å². The number of pyridine rings is 2. The van der Waals surface area contributed by atoms with E-state index in [4.69, 9.17) is 16.3 Å². The number of carboxylic acid groups (broad SMARTS) is 1. The third-order valence-corrected chi connectivity index (χ3v) is 5.63. The molecule has 0 saturated carbocycles. The largest absolute Gasteiger partial charge is 0.489 e. The Labute approximate surface area is 179 Å². The Hall–Kier alpha value is -3.49. The van der Waals surface area contributed by atoms with Gasteiger partial charge < -0.3 is 15.2 Å². The van der Waals surface area contributed by atoms with Gasteiger partial charge in [-0.05, 0) is 29.6 Å². The number of carbonyl (C=O) groups is 2. The third kappa shape index (κ3) is 4.10. The van der Waals surface area contributed by atoms with Gasteiger partial charge in [0, 0.05) is 46.9 Å². The molecule has 0 atom stereocenters. The van der Waals surface area contributed by atoms with E-state index in [1.165, 1.54) is 17.5 Å². The van der Waals surface area contributed by atoms with Gasteiger partial charge in [0.25, 0.3) is 5.91 Å². The fraction of sp³-hybridized carbons (Fsp3) is 0.0476. The molecule has 7 nitrogen and oxygen atoms in total. The zero-order chi connectivity index (χ0) is 21.1. The van der Waals surface area contributed by atoms with E-state index in [9.17, 15) is 14.7 Å². The van der Waals surface area contributed by atoms with Crippen molar-refractivity contribution in [2.75, 3.05) is 5.32 Å². The first-order chi connectivity index (χ1) is 14.5. The molecule has 0 bridgehead atoms. The molecule has 1 aromatic carbocycles. The second kappa shape index (κ2) is 8.48. The van der Waals surface area contributed by atoms with Crippen LogP contribution in [0.15, 0.2) is 60.4 Å². The van der Waals surface area contributed by atoms with Gasteiger partial charge in [0.05, 0.1) is 10.3 Å². The first kappa shape index (κ1) is 19.8. The smallest absolute Gasteiger partial charge is 0.338 e. The fourth-order valence-corrected chi connectivity index (χ4v) is 4.23. The van der Waals surface area contributed by atoms with Crippen LogP contribution < -0.4 is 10.1 Å². The van der Waals surface area contributed by atoms with Crippen LogP contribution in [-0.4, -0.2) is 27.0 Å². The number of benzene rings is 1. The molecule has 0 aliphatic heterocycles. The molecule has 4 rings (SSSR count). The van der Waals surface area contributed by atoms with E-state index in [-0.39, 0.29) is 23.2 Å². The number of halogens is 1. The summed E-state index contributed by atoms with van der Waals surface area (Å²) in [6, 6.07) is 10.2. The van der Waals surface area contributed by atoms with Gasteiger partial charge in [-0.3, -0.25) is 9.78 Å². The van der Waals surface area contributed by atoms with E-state index in [1.807, 2.05) is 0 Å². The molecule has 9 heteroatoms. The highest BCUT2D eigenvalue weighted by molar-refractivity contribution is 7.17. The lowest BCUT2D eigenvalue weighted by Crippen LogP contribution is -2.11. The number of rotatable bonds is 6. The summed E-state index contributed by atoms with van der Waals surface area (Å²) in [6.45, 7) is 0.173. The van der Waals surface area contributed by atoms with Crippen molar-refractivity contribution >= 4 is 50.6 Å². The van der Waals surface area contributed by atoms with Gasteiger partial charge in [-0.15, -0.1) is 11.3 Å². The van der Waals surface area contributed by atoms with Gasteiger partial charge in [0.15, 0.2) is 0 Å². The Kier molecular flexibility index (Phi) is 5.60. The van der Waals surface area contributed by atoms with Crippen molar-refractivity contribution in [3.8, 4) is 5.75 Å². The van der Waals surface area contributed by atoms with Gasteiger partial charge in [0.1, 0.15) is 17.5 Å². The number of carbonyl (C=O) groups excluding carboxylic acids is 1. The quantitative estimate of drug-likeness (QED) is 0.415. The Bertz CT molecular complexity index is 1240. The molecule has 4 aromatic rings. The molecule has 0 spiro atoms. The molecule has 0 aliphatic carbocycles. The van der Waals surface area contributed by atoms with Crippen LogP contribution in [-0.2, 0) is 6.61 Å². The maximum absolute atomic E-state index is 12.3. The van der Waals surface area contributed by atoms with Gasteiger partial charge >= 0.3 is 5.97 Å². The summed E-state index contributed by atoms with van der Waals surface area (Å²) in [4.78, 5) is 31.6. The molecule has 1 amide bonds. The highest BCUT2D eigenvalue weighted by Gasteiger charge is 2.17. The summed E-state index contributed by atoms with van der Waals surface area (Å²) in [5, 5.41) is 14.7. The van der Waals surface area contributed by atoms with Crippen LogP contribution in [0.1, 0.15) is 26.3 Å². The molecule has 0 radical (unpaired) electrons. The Balaban J connectivity index is 1.51. The Morgan fingerprint density at radius 1 is 1.20 bits per heavy atom. The number of aromatic carboxylic acids is 1. The second-order valence-corrected chi connectivity index (χ2v) is 7.48. The average molecular weight is 440 g/mol. The lowest BCUT2D eigenvalue weighted by molar-refractivity contribution is 0.0698. The number of thiophene rings is 1. The van der Waals surface area contributed by atoms with Crippen molar-refractivity contribution in [3.63, 3.8) is 0 Å². The molecular weight excluding hydrogens is 426 g/mol. The molecule has 30 heavy (non-hydrogen) atoms. The average Bonchev–Trinajstić information content (AvgIpc) is 3.18. The van der Waals surface area contributed by atoms with Crippen molar-refractivity contribution in [3.05, 3.63) is 82.2 Å². The molecule has 0 saturated heterocycles. The van der Waals surface area contributed by atoms with Crippen LogP contribution in [0, 0.1) is 0 Å². The number of anilines is 1. The van der Waals surface area contributed by atoms with Crippen LogP contribution in [0.25, 0.3) is 10.1 Å². The van der Waals surface area contributed by atoms with Crippen LogP contribution in [0.3, 0.4) is 0 Å². The number of aromatic nitrogens is 2. The number of carboxylic acids is 1. The summed E-state index contributed by atoms with van der Waals surface area (Å²) < 4.78 is 6.41. The molecule has 0 unspecified atom stereocenters. The summed E-state index contributed by atoms with van der Waals surface area (Å²) in [5.41, 5.74) is 1.92. The Morgan fingerprint density at radius 3 is 2.77 bits per heavy atom. The highest BCUT2D eigenvalue weighted by Crippen LogP contribution is 2.34. The second-order valence-electron chi connectivity index (χ2n) is 6.24. The first-order valence-corrected chi connectivity index (χ1v) is 10.0. The summed E-state index contributed by atoms with van der Waals surface area (Å²) in [6.07, 6.45) is 4.36. The van der Waals surface area contributed by atoms with E-state index in [2.05, 4.69) is 15.3 Å². The molecule has 2 N–H and O–H groups in total. The van der Waals surface area contributed by atoms with Gasteiger partial charge in [-0.2, -0.15) is 0 Å². The van der Waals surface area contributed by atoms with Crippen molar-refractivity contribution in [2.45, 2.75) is 6.61 Å².